The lowest BCUT2D eigenvalue weighted by Gasteiger charge is -2.31. The molecule has 2 saturated heterocycles. The highest BCUT2D eigenvalue weighted by atomic mass is 19.1. The molecule has 3 aliphatic rings. The van der Waals surface area contributed by atoms with Gasteiger partial charge in [-0.25, -0.2) is 8.78 Å². The fourth-order valence-electron chi connectivity index (χ4n) is 4.87. The molecule has 0 saturated carbocycles. The van der Waals surface area contributed by atoms with Gasteiger partial charge in [0.2, 0.25) is 0 Å². The average Bonchev–Trinajstić information content (AvgIpc) is 3.30. The van der Waals surface area contributed by atoms with Gasteiger partial charge in [0.15, 0.2) is 11.6 Å². The number of fused-ring (bicyclic) bond motifs is 2. The highest BCUT2D eigenvalue weighted by Gasteiger charge is 2.44. The summed E-state index contributed by atoms with van der Waals surface area (Å²) < 4.78 is 33.6. The van der Waals surface area contributed by atoms with E-state index in [-0.39, 0.29) is 17.9 Å². The molecule has 2 aliphatic heterocycles. The lowest BCUT2D eigenvalue weighted by molar-refractivity contribution is 0.0856. The summed E-state index contributed by atoms with van der Waals surface area (Å²) in [4.78, 5) is 2.52. The topological polar surface area (TPSA) is 24.5 Å². The smallest absolute Gasteiger partial charge is 0.168 e. The van der Waals surface area contributed by atoms with E-state index in [0.717, 1.165) is 44.2 Å². The monoisotopic (exact) mass is 356 g/mol. The molecule has 2 fully saturated rings. The largest absolute Gasteiger partial charge is 0.481 e. The summed E-state index contributed by atoms with van der Waals surface area (Å²) in [5, 5.41) is 3.47. The molecule has 2 aromatic rings. The Morgan fingerprint density at radius 2 is 1.77 bits per heavy atom. The van der Waals surface area contributed by atoms with Gasteiger partial charge in [0.05, 0.1) is 6.04 Å². The van der Waals surface area contributed by atoms with Gasteiger partial charge in [0.25, 0.3) is 0 Å². The molecule has 4 atom stereocenters. The Kier molecular flexibility index (Phi) is 3.94. The minimum atomic E-state index is -0.643. The first-order chi connectivity index (χ1) is 12.7. The third-order valence-electron chi connectivity index (χ3n) is 6.17. The summed E-state index contributed by atoms with van der Waals surface area (Å²) in [5.41, 5.74) is 2.39. The summed E-state index contributed by atoms with van der Waals surface area (Å²) in [6.07, 6.45) is 0.689. The predicted octanol–water partition coefficient (Wildman–Crippen LogP) is 3.16. The van der Waals surface area contributed by atoms with E-state index in [2.05, 4.69) is 22.3 Å². The predicted molar refractivity (Wildman–Crippen MR) is 95.1 cm³/mol. The van der Waals surface area contributed by atoms with E-state index in [0.29, 0.717) is 11.8 Å². The van der Waals surface area contributed by atoms with Crippen molar-refractivity contribution in [3.05, 3.63) is 65.2 Å². The van der Waals surface area contributed by atoms with Crippen LogP contribution in [0.25, 0.3) is 0 Å². The standard InChI is InChI=1S/C21H22F2N2O/c22-16-5-6-20(18(23)8-16)26-21-17-4-2-1-3-13(17)7-19(21)25-11-14-9-24-10-15(14)12-25/h1-6,8,14-15,19,21,24H,7,9-12H2. The zero-order valence-corrected chi connectivity index (χ0v) is 14.5. The van der Waals surface area contributed by atoms with E-state index in [9.17, 15) is 8.78 Å². The SMILES string of the molecule is Fc1ccc(OC2c3ccccc3CC2N2CC3CNCC3C2)c(F)c1. The molecule has 0 aromatic heterocycles. The van der Waals surface area contributed by atoms with Crippen LogP contribution in [0.3, 0.4) is 0 Å². The van der Waals surface area contributed by atoms with Gasteiger partial charge in [-0.15, -0.1) is 0 Å². The summed E-state index contributed by atoms with van der Waals surface area (Å²) >= 11 is 0. The van der Waals surface area contributed by atoms with Crippen molar-refractivity contribution in [3.8, 4) is 5.75 Å². The van der Waals surface area contributed by atoms with Gasteiger partial charge in [0, 0.05) is 19.2 Å². The van der Waals surface area contributed by atoms with Crippen LogP contribution in [0, 0.1) is 23.5 Å². The molecule has 2 heterocycles. The third kappa shape index (κ3) is 2.70. The van der Waals surface area contributed by atoms with Crippen molar-refractivity contribution in [1.82, 2.24) is 10.2 Å². The van der Waals surface area contributed by atoms with Crippen LogP contribution in [0.1, 0.15) is 17.2 Å². The fourth-order valence-corrected chi connectivity index (χ4v) is 4.87. The van der Waals surface area contributed by atoms with Crippen molar-refractivity contribution >= 4 is 0 Å². The van der Waals surface area contributed by atoms with Crippen molar-refractivity contribution in [2.24, 2.45) is 11.8 Å². The fraction of sp³-hybridized carbons (Fsp3) is 0.429. The first-order valence-electron chi connectivity index (χ1n) is 9.33. The number of rotatable bonds is 3. The Bertz CT molecular complexity index is 815. The molecular weight excluding hydrogens is 334 g/mol. The van der Waals surface area contributed by atoms with Crippen LogP contribution in [0.5, 0.6) is 5.75 Å². The summed E-state index contributed by atoms with van der Waals surface area (Å²) in [6.45, 7) is 4.28. The van der Waals surface area contributed by atoms with E-state index >= 15 is 0 Å². The zero-order valence-electron chi connectivity index (χ0n) is 14.5. The molecule has 136 valence electrons. The van der Waals surface area contributed by atoms with Crippen LogP contribution >= 0.6 is 0 Å². The third-order valence-corrected chi connectivity index (χ3v) is 6.17. The second-order valence-corrected chi connectivity index (χ2v) is 7.72. The molecule has 2 aromatic carbocycles. The molecule has 5 heteroatoms. The molecule has 1 aliphatic carbocycles. The van der Waals surface area contributed by atoms with Crippen molar-refractivity contribution < 1.29 is 13.5 Å². The van der Waals surface area contributed by atoms with E-state index in [1.54, 1.807) is 0 Å². The molecule has 0 bridgehead atoms. The molecule has 0 spiro atoms. The normalized spacial score (nSPS) is 30.4. The number of ether oxygens (including phenoxy) is 1. The Balaban J connectivity index is 1.45. The van der Waals surface area contributed by atoms with Gasteiger partial charge in [0.1, 0.15) is 11.9 Å². The number of benzene rings is 2. The van der Waals surface area contributed by atoms with Gasteiger partial charge in [-0.05, 0) is 54.6 Å². The van der Waals surface area contributed by atoms with E-state index in [1.165, 1.54) is 17.7 Å². The number of nitrogens with zero attached hydrogens (tertiary/aromatic N) is 1. The molecular formula is C21H22F2N2O. The Morgan fingerprint density at radius 3 is 2.54 bits per heavy atom. The Labute approximate surface area is 152 Å². The van der Waals surface area contributed by atoms with Gasteiger partial charge in [-0.2, -0.15) is 0 Å². The number of nitrogens with one attached hydrogen (secondary N) is 1. The Morgan fingerprint density at radius 1 is 1.00 bits per heavy atom. The first-order valence-corrected chi connectivity index (χ1v) is 9.33. The summed E-state index contributed by atoms with van der Waals surface area (Å²) in [6, 6.07) is 12.0. The Hall–Kier alpha value is -1.98. The maximum Gasteiger partial charge on any atom is 0.168 e. The number of hydrogen-bond acceptors (Lipinski definition) is 3. The van der Waals surface area contributed by atoms with Crippen LogP contribution in [0.2, 0.25) is 0 Å². The number of hydrogen-bond donors (Lipinski definition) is 1. The summed E-state index contributed by atoms with van der Waals surface area (Å²) in [5.74, 6) is 0.289. The van der Waals surface area contributed by atoms with Crippen molar-refractivity contribution in [2.75, 3.05) is 26.2 Å². The number of halogens is 2. The van der Waals surface area contributed by atoms with Crippen LogP contribution in [-0.2, 0) is 6.42 Å². The summed E-state index contributed by atoms with van der Waals surface area (Å²) in [7, 11) is 0. The molecule has 0 amide bonds. The maximum atomic E-state index is 14.2. The van der Waals surface area contributed by atoms with Crippen molar-refractivity contribution in [3.63, 3.8) is 0 Å². The second kappa shape index (κ2) is 6.32. The molecule has 1 N–H and O–H groups in total. The van der Waals surface area contributed by atoms with E-state index in [4.69, 9.17) is 4.74 Å². The zero-order chi connectivity index (χ0) is 17.7. The van der Waals surface area contributed by atoms with E-state index < -0.39 is 11.6 Å². The average molecular weight is 356 g/mol. The molecule has 26 heavy (non-hydrogen) atoms. The van der Waals surface area contributed by atoms with Crippen LogP contribution in [0.15, 0.2) is 42.5 Å². The highest BCUT2D eigenvalue weighted by molar-refractivity contribution is 5.38. The maximum absolute atomic E-state index is 14.2. The molecule has 4 unspecified atom stereocenters. The lowest BCUT2D eigenvalue weighted by atomic mass is 10.0. The molecule has 0 radical (unpaired) electrons. The minimum Gasteiger partial charge on any atom is -0.481 e. The van der Waals surface area contributed by atoms with Gasteiger partial charge >= 0.3 is 0 Å². The number of likely N-dealkylation sites (tertiary alicyclic amines) is 1. The van der Waals surface area contributed by atoms with Gasteiger partial charge in [-0.3, -0.25) is 4.90 Å². The highest BCUT2D eigenvalue weighted by Crippen LogP contribution is 2.41. The van der Waals surface area contributed by atoms with Gasteiger partial charge < -0.3 is 10.1 Å². The van der Waals surface area contributed by atoms with Gasteiger partial charge in [-0.1, -0.05) is 24.3 Å². The quantitative estimate of drug-likeness (QED) is 0.914. The molecule has 5 rings (SSSR count). The van der Waals surface area contributed by atoms with E-state index in [1.807, 2.05) is 12.1 Å². The lowest BCUT2D eigenvalue weighted by Crippen LogP contribution is -2.40. The van der Waals surface area contributed by atoms with Crippen LogP contribution in [0.4, 0.5) is 8.78 Å². The van der Waals surface area contributed by atoms with Crippen molar-refractivity contribution in [1.29, 1.82) is 0 Å². The van der Waals surface area contributed by atoms with Crippen LogP contribution in [-0.4, -0.2) is 37.1 Å². The first kappa shape index (κ1) is 16.2. The molecule has 3 nitrogen and oxygen atoms in total. The van der Waals surface area contributed by atoms with Crippen molar-refractivity contribution in [2.45, 2.75) is 18.6 Å². The van der Waals surface area contributed by atoms with Crippen LogP contribution < -0.4 is 10.1 Å². The minimum absolute atomic E-state index is 0.124. The second-order valence-electron chi connectivity index (χ2n) is 7.72.